The number of halogens is 1. The maximum absolute atomic E-state index is 13.3. The van der Waals surface area contributed by atoms with Crippen molar-refractivity contribution in [3.05, 3.63) is 83.9 Å². The van der Waals surface area contributed by atoms with Gasteiger partial charge in [0.1, 0.15) is 5.82 Å². The highest BCUT2D eigenvalue weighted by Crippen LogP contribution is 2.18. The Morgan fingerprint density at radius 2 is 1.70 bits per heavy atom. The summed E-state index contributed by atoms with van der Waals surface area (Å²) in [4.78, 5) is 27.9. The standard InChI is InChI=1S/C20H16FN3O3/c1-27-20(26)13-5-7-16(8-6-13)24-19(25)14-9-18(12-22-11-14)23-17-4-2-3-15(21)10-17/h2-12,23H,1H3,(H,24,25). The van der Waals surface area contributed by atoms with Crippen molar-refractivity contribution >= 4 is 28.9 Å². The van der Waals surface area contributed by atoms with Crippen molar-refractivity contribution in [3.8, 4) is 0 Å². The first kappa shape index (κ1) is 18.1. The Morgan fingerprint density at radius 1 is 0.926 bits per heavy atom. The van der Waals surface area contributed by atoms with Crippen molar-refractivity contribution in [3.63, 3.8) is 0 Å². The van der Waals surface area contributed by atoms with Gasteiger partial charge in [-0.3, -0.25) is 9.78 Å². The molecule has 0 saturated heterocycles. The van der Waals surface area contributed by atoms with Crippen LogP contribution < -0.4 is 10.6 Å². The Hall–Kier alpha value is -3.74. The molecule has 0 aliphatic heterocycles. The van der Waals surface area contributed by atoms with Gasteiger partial charge in [-0.05, 0) is 48.5 Å². The van der Waals surface area contributed by atoms with Gasteiger partial charge in [0, 0.05) is 17.6 Å². The molecule has 1 heterocycles. The summed E-state index contributed by atoms with van der Waals surface area (Å²) in [5.41, 5.74) is 2.34. The minimum Gasteiger partial charge on any atom is -0.465 e. The Balaban J connectivity index is 1.70. The molecule has 0 atom stereocenters. The molecule has 1 aromatic heterocycles. The normalized spacial score (nSPS) is 10.1. The molecule has 1 amide bonds. The minimum absolute atomic E-state index is 0.327. The highest BCUT2D eigenvalue weighted by Gasteiger charge is 2.09. The molecule has 27 heavy (non-hydrogen) atoms. The number of benzene rings is 2. The van der Waals surface area contributed by atoms with E-state index in [1.54, 1.807) is 42.5 Å². The molecule has 0 saturated carbocycles. The number of ether oxygens (including phenoxy) is 1. The van der Waals surface area contributed by atoms with Crippen LogP contribution in [-0.4, -0.2) is 24.0 Å². The molecule has 0 fully saturated rings. The van der Waals surface area contributed by atoms with Gasteiger partial charge in [-0.1, -0.05) is 6.07 Å². The van der Waals surface area contributed by atoms with Gasteiger partial charge in [0.05, 0.1) is 30.1 Å². The zero-order chi connectivity index (χ0) is 19.2. The van der Waals surface area contributed by atoms with E-state index in [1.165, 1.54) is 31.6 Å². The third kappa shape index (κ3) is 4.66. The van der Waals surface area contributed by atoms with Gasteiger partial charge in [0.2, 0.25) is 0 Å². The first-order valence-electron chi connectivity index (χ1n) is 8.02. The van der Waals surface area contributed by atoms with E-state index in [-0.39, 0.29) is 11.7 Å². The summed E-state index contributed by atoms with van der Waals surface area (Å²) in [5.74, 6) is -1.18. The molecule has 136 valence electrons. The smallest absolute Gasteiger partial charge is 0.337 e. The van der Waals surface area contributed by atoms with E-state index in [1.807, 2.05) is 0 Å². The van der Waals surface area contributed by atoms with E-state index < -0.39 is 5.97 Å². The second-order valence-electron chi connectivity index (χ2n) is 5.62. The molecule has 7 heteroatoms. The van der Waals surface area contributed by atoms with Crippen LogP contribution in [-0.2, 0) is 4.74 Å². The molecular formula is C20H16FN3O3. The average molecular weight is 365 g/mol. The molecule has 0 spiro atoms. The van der Waals surface area contributed by atoms with Crippen molar-refractivity contribution < 1.29 is 18.7 Å². The first-order chi connectivity index (χ1) is 13.0. The van der Waals surface area contributed by atoms with Crippen LogP contribution in [0.25, 0.3) is 0 Å². The fraction of sp³-hybridized carbons (Fsp3) is 0.0500. The number of hydrogen-bond donors (Lipinski definition) is 2. The zero-order valence-corrected chi connectivity index (χ0v) is 14.4. The molecule has 3 aromatic rings. The molecule has 0 unspecified atom stereocenters. The van der Waals surface area contributed by atoms with Gasteiger partial charge in [0.25, 0.3) is 5.91 Å². The Labute approximate surface area is 155 Å². The lowest BCUT2D eigenvalue weighted by Crippen LogP contribution is -2.12. The van der Waals surface area contributed by atoms with Crippen LogP contribution in [0.1, 0.15) is 20.7 Å². The average Bonchev–Trinajstić information content (AvgIpc) is 2.68. The third-order valence-electron chi connectivity index (χ3n) is 3.68. The van der Waals surface area contributed by atoms with E-state index in [9.17, 15) is 14.0 Å². The number of nitrogens with zero attached hydrogens (tertiary/aromatic N) is 1. The summed E-state index contributed by atoms with van der Waals surface area (Å²) >= 11 is 0. The SMILES string of the molecule is COC(=O)c1ccc(NC(=O)c2cncc(Nc3cccc(F)c3)c2)cc1. The number of aromatic nitrogens is 1. The van der Waals surface area contributed by atoms with Crippen molar-refractivity contribution in [2.24, 2.45) is 0 Å². The molecule has 0 bridgehead atoms. The van der Waals surface area contributed by atoms with E-state index in [0.717, 1.165) is 0 Å². The fourth-order valence-electron chi connectivity index (χ4n) is 2.38. The third-order valence-corrected chi connectivity index (χ3v) is 3.68. The van der Waals surface area contributed by atoms with E-state index in [2.05, 4.69) is 20.4 Å². The summed E-state index contributed by atoms with van der Waals surface area (Å²) in [6, 6.07) is 13.9. The van der Waals surface area contributed by atoms with Gasteiger partial charge in [-0.25, -0.2) is 9.18 Å². The summed E-state index contributed by atoms with van der Waals surface area (Å²) in [5, 5.41) is 5.72. The van der Waals surface area contributed by atoms with Gasteiger partial charge in [-0.2, -0.15) is 0 Å². The summed E-state index contributed by atoms with van der Waals surface area (Å²) in [6.07, 6.45) is 2.96. The number of hydrogen-bond acceptors (Lipinski definition) is 5. The maximum atomic E-state index is 13.3. The summed E-state index contributed by atoms with van der Waals surface area (Å²) in [6.45, 7) is 0. The number of amides is 1. The Morgan fingerprint density at radius 3 is 2.41 bits per heavy atom. The lowest BCUT2D eigenvalue weighted by molar-refractivity contribution is 0.0600. The van der Waals surface area contributed by atoms with E-state index in [0.29, 0.717) is 28.2 Å². The van der Waals surface area contributed by atoms with Gasteiger partial charge >= 0.3 is 5.97 Å². The summed E-state index contributed by atoms with van der Waals surface area (Å²) < 4.78 is 17.9. The van der Waals surface area contributed by atoms with Crippen molar-refractivity contribution in [1.29, 1.82) is 0 Å². The monoisotopic (exact) mass is 365 g/mol. The number of esters is 1. The summed E-state index contributed by atoms with van der Waals surface area (Å²) in [7, 11) is 1.30. The first-order valence-corrected chi connectivity index (χ1v) is 8.02. The van der Waals surface area contributed by atoms with Gasteiger partial charge < -0.3 is 15.4 Å². The molecule has 0 aliphatic carbocycles. The van der Waals surface area contributed by atoms with Crippen LogP contribution in [0.15, 0.2) is 67.0 Å². The topological polar surface area (TPSA) is 80.3 Å². The Kier molecular flexibility index (Phi) is 5.41. The number of rotatable bonds is 5. The van der Waals surface area contributed by atoms with Crippen molar-refractivity contribution in [2.75, 3.05) is 17.7 Å². The number of pyridine rings is 1. The highest BCUT2D eigenvalue weighted by atomic mass is 19.1. The van der Waals surface area contributed by atoms with Crippen LogP contribution in [0.3, 0.4) is 0 Å². The number of methoxy groups -OCH3 is 1. The number of carbonyl (C=O) groups excluding carboxylic acids is 2. The number of nitrogens with one attached hydrogen (secondary N) is 2. The van der Waals surface area contributed by atoms with E-state index >= 15 is 0 Å². The van der Waals surface area contributed by atoms with E-state index in [4.69, 9.17) is 0 Å². The van der Waals surface area contributed by atoms with Gasteiger partial charge in [0.15, 0.2) is 0 Å². The zero-order valence-electron chi connectivity index (χ0n) is 14.4. The second-order valence-corrected chi connectivity index (χ2v) is 5.62. The number of carbonyl (C=O) groups is 2. The molecule has 0 aliphatic rings. The predicted octanol–water partition coefficient (Wildman–Crippen LogP) is 4.00. The van der Waals surface area contributed by atoms with Crippen LogP contribution in [0.4, 0.5) is 21.5 Å². The quantitative estimate of drug-likeness (QED) is 0.668. The second kappa shape index (κ2) is 8.09. The molecule has 2 N–H and O–H groups in total. The minimum atomic E-state index is -0.451. The fourth-order valence-corrected chi connectivity index (χ4v) is 2.38. The van der Waals surface area contributed by atoms with Crippen LogP contribution in [0, 0.1) is 5.82 Å². The molecule has 3 rings (SSSR count). The van der Waals surface area contributed by atoms with Crippen LogP contribution in [0.2, 0.25) is 0 Å². The predicted molar refractivity (Wildman–Crippen MR) is 99.7 cm³/mol. The lowest BCUT2D eigenvalue weighted by Gasteiger charge is -2.09. The van der Waals surface area contributed by atoms with Gasteiger partial charge in [-0.15, -0.1) is 0 Å². The molecule has 0 radical (unpaired) electrons. The van der Waals surface area contributed by atoms with Crippen LogP contribution in [0.5, 0.6) is 0 Å². The lowest BCUT2D eigenvalue weighted by atomic mass is 10.2. The van der Waals surface area contributed by atoms with Crippen molar-refractivity contribution in [1.82, 2.24) is 4.98 Å². The molecule has 2 aromatic carbocycles. The number of anilines is 3. The van der Waals surface area contributed by atoms with Crippen molar-refractivity contribution in [2.45, 2.75) is 0 Å². The molecular weight excluding hydrogens is 349 g/mol. The Bertz CT molecular complexity index is 974. The maximum Gasteiger partial charge on any atom is 0.337 e. The molecule has 6 nitrogen and oxygen atoms in total. The van der Waals surface area contributed by atoms with Crippen LogP contribution >= 0.6 is 0 Å². The largest absolute Gasteiger partial charge is 0.465 e. The highest BCUT2D eigenvalue weighted by molar-refractivity contribution is 6.04.